The zero-order valence-electron chi connectivity index (χ0n) is 9.21. The Morgan fingerprint density at radius 2 is 2.24 bits per heavy atom. The van der Waals surface area contributed by atoms with Crippen molar-refractivity contribution in [3.05, 3.63) is 29.8 Å². The molecule has 2 nitrogen and oxygen atoms in total. The van der Waals surface area contributed by atoms with Gasteiger partial charge in [0.25, 0.3) is 0 Å². The van der Waals surface area contributed by atoms with E-state index in [0.717, 1.165) is 36.5 Å². The predicted octanol–water partition coefficient (Wildman–Crippen LogP) is 3.05. The van der Waals surface area contributed by atoms with Crippen molar-refractivity contribution in [2.24, 2.45) is 5.92 Å². The van der Waals surface area contributed by atoms with Crippen molar-refractivity contribution >= 4 is 23.4 Å². The SMILES string of the molecule is O=C(Nc1ccc(F)cc1F)C1CCCSC1. The number of thioether (sulfide) groups is 1. The average molecular weight is 257 g/mol. The van der Waals surface area contributed by atoms with Crippen LogP contribution in [0.25, 0.3) is 0 Å². The first-order valence-corrected chi connectivity index (χ1v) is 6.66. The highest BCUT2D eigenvalue weighted by Crippen LogP contribution is 2.24. The lowest BCUT2D eigenvalue weighted by Gasteiger charge is -2.20. The van der Waals surface area contributed by atoms with Crippen molar-refractivity contribution in [1.29, 1.82) is 0 Å². The van der Waals surface area contributed by atoms with Crippen LogP contribution in [0.3, 0.4) is 0 Å². The van der Waals surface area contributed by atoms with E-state index in [9.17, 15) is 13.6 Å². The molecule has 1 atom stereocenters. The average Bonchev–Trinajstić information content (AvgIpc) is 2.34. The van der Waals surface area contributed by atoms with Gasteiger partial charge in [-0.3, -0.25) is 4.79 Å². The Labute approximate surface area is 103 Å². The van der Waals surface area contributed by atoms with E-state index in [4.69, 9.17) is 0 Å². The van der Waals surface area contributed by atoms with Gasteiger partial charge < -0.3 is 5.32 Å². The normalized spacial score (nSPS) is 20.0. The van der Waals surface area contributed by atoms with Crippen molar-refractivity contribution < 1.29 is 13.6 Å². The lowest BCUT2D eigenvalue weighted by molar-refractivity contribution is -0.119. The maximum Gasteiger partial charge on any atom is 0.228 e. The number of anilines is 1. The Balaban J connectivity index is 2.02. The minimum absolute atomic E-state index is 0.0481. The Morgan fingerprint density at radius 1 is 1.41 bits per heavy atom. The molecular formula is C12H13F2NOS. The van der Waals surface area contributed by atoms with Crippen molar-refractivity contribution in [3.63, 3.8) is 0 Å². The Hall–Kier alpha value is -1.10. The third-order valence-electron chi connectivity index (χ3n) is 2.72. The summed E-state index contributed by atoms with van der Waals surface area (Å²) in [6, 6.07) is 3.15. The summed E-state index contributed by atoms with van der Waals surface area (Å²) in [7, 11) is 0. The van der Waals surface area contributed by atoms with Gasteiger partial charge in [-0.15, -0.1) is 0 Å². The number of carbonyl (C=O) groups excluding carboxylic acids is 1. The molecule has 17 heavy (non-hydrogen) atoms. The highest BCUT2D eigenvalue weighted by molar-refractivity contribution is 7.99. The first-order valence-electron chi connectivity index (χ1n) is 5.50. The highest BCUT2D eigenvalue weighted by atomic mass is 32.2. The molecular weight excluding hydrogens is 244 g/mol. The van der Waals surface area contributed by atoms with E-state index in [0.29, 0.717) is 0 Å². The summed E-state index contributed by atoms with van der Waals surface area (Å²) in [5.41, 5.74) is 0.0481. The second kappa shape index (κ2) is 5.49. The molecule has 0 bridgehead atoms. The standard InChI is InChI=1S/C12H13F2NOS/c13-9-3-4-11(10(14)6-9)15-12(16)8-2-1-5-17-7-8/h3-4,6,8H,1-2,5,7H2,(H,15,16). The second-order valence-corrected chi connectivity index (χ2v) is 5.18. The molecule has 0 spiro atoms. The molecule has 1 fully saturated rings. The van der Waals surface area contributed by atoms with E-state index in [1.165, 1.54) is 6.07 Å². The van der Waals surface area contributed by atoms with Crippen LogP contribution >= 0.6 is 11.8 Å². The number of hydrogen-bond acceptors (Lipinski definition) is 2. The van der Waals surface area contributed by atoms with Gasteiger partial charge >= 0.3 is 0 Å². The number of benzene rings is 1. The molecule has 1 unspecified atom stereocenters. The number of halogens is 2. The van der Waals surface area contributed by atoms with Gasteiger partial charge in [-0.25, -0.2) is 8.78 Å². The van der Waals surface area contributed by atoms with Gasteiger partial charge in [-0.2, -0.15) is 11.8 Å². The largest absolute Gasteiger partial charge is 0.323 e. The van der Waals surface area contributed by atoms with Crippen molar-refractivity contribution in [2.45, 2.75) is 12.8 Å². The third-order valence-corrected chi connectivity index (χ3v) is 3.94. The highest BCUT2D eigenvalue weighted by Gasteiger charge is 2.22. The molecule has 2 rings (SSSR count). The van der Waals surface area contributed by atoms with Crippen LogP contribution in [0.15, 0.2) is 18.2 Å². The van der Waals surface area contributed by atoms with Crippen LogP contribution in [0.1, 0.15) is 12.8 Å². The summed E-state index contributed by atoms with van der Waals surface area (Å²) >= 11 is 1.73. The van der Waals surface area contributed by atoms with Crippen molar-refractivity contribution in [2.75, 3.05) is 16.8 Å². The molecule has 92 valence electrons. The van der Waals surface area contributed by atoms with Crippen LogP contribution in [0.2, 0.25) is 0 Å². The van der Waals surface area contributed by atoms with E-state index >= 15 is 0 Å². The van der Waals surface area contributed by atoms with E-state index in [2.05, 4.69) is 5.32 Å². The maximum atomic E-state index is 13.3. The Bertz CT molecular complexity index is 419. The number of nitrogens with one attached hydrogen (secondary N) is 1. The molecule has 1 aromatic carbocycles. The first-order chi connectivity index (χ1) is 8.16. The topological polar surface area (TPSA) is 29.1 Å². The summed E-state index contributed by atoms with van der Waals surface area (Å²) in [5, 5.41) is 2.51. The monoisotopic (exact) mass is 257 g/mol. The minimum Gasteiger partial charge on any atom is -0.323 e. The molecule has 1 aliphatic rings. The van der Waals surface area contributed by atoms with Crippen molar-refractivity contribution in [1.82, 2.24) is 0 Å². The molecule has 0 saturated carbocycles. The van der Waals surface area contributed by atoms with E-state index in [-0.39, 0.29) is 17.5 Å². The molecule has 0 radical (unpaired) electrons. The van der Waals surface area contributed by atoms with Gasteiger partial charge in [0.15, 0.2) is 0 Å². The van der Waals surface area contributed by atoms with Crippen molar-refractivity contribution in [3.8, 4) is 0 Å². The van der Waals surface area contributed by atoms with Gasteiger partial charge in [0.1, 0.15) is 11.6 Å². The van der Waals surface area contributed by atoms with Crippen LogP contribution in [0, 0.1) is 17.6 Å². The van der Waals surface area contributed by atoms with Crippen LogP contribution < -0.4 is 5.32 Å². The van der Waals surface area contributed by atoms with E-state index in [1.54, 1.807) is 11.8 Å². The molecule has 1 aliphatic heterocycles. The van der Waals surface area contributed by atoms with Gasteiger partial charge in [0.05, 0.1) is 5.69 Å². The lowest BCUT2D eigenvalue weighted by atomic mass is 10.0. The molecule has 1 aromatic rings. The number of hydrogen-bond donors (Lipinski definition) is 1. The molecule has 1 heterocycles. The van der Waals surface area contributed by atoms with E-state index < -0.39 is 11.6 Å². The van der Waals surface area contributed by atoms with Gasteiger partial charge in [-0.05, 0) is 30.7 Å². The number of carbonyl (C=O) groups is 1. The molecule has 1 amide bonds. The summed E-state index contributed by atoms with van der Waals surface area (Å²) in [5.74, 6) is 0.222. The lowest BCUT2D eigenvalue weighted by Crippen LogP contribution is -2.27. The fraction of sp³-hybridized carbons (Fsp3) is 0.417. The van der Waals surface area contributed by atoms with Crippen LogP contribution in [-0.2, 0) is 4.79 Å². The molecule has 1 saturated heterocycles. The zero-order chi connectivity index (χ0) is 12.3. The fourth-order valence-electron chi connectivity index (χ4n) is 1.77. The van der Waals surface area contributed by atoms with Gasteiger partial charge in [0.2, 0.25) is 5.91 Å². The fourth-order valence-corrected chi connectivity index (χ4v) is 2.91. The quantitative estimate of drug-likeness (QED) is 0.882. The van der Waals surface area contributed by atoms with Gasteiger partial charge in [-0.1, -0.05) is 0 Å². The Morgan fingerprint density at radius 3 is 2.88 bits per heavy atom. The molecule has 0 aliphatic carbocycles. The summed E-state index contributed by atoms with van der Waals surface area (Å²) in [6.07, 6.45) is 1.84. The summed E-state index contributed by atoms with van der Waals surface area (Å²) in [6.45, 7) is 0. The predicted molar refractivity (Wildman–Crippen MR) is 65.0 cm³/mol. The van der Waals surface area contributed by atoms with Gasteiger partial charge in [0, 0.05) is 17.7 Å². The van der Waals surface area contributed by atoms with E-state index in [1.807, 2.05) is 0 Å². The number of rotatable bonds is 2. The first kappa shape index (κ1) is 12.4. The smallest absolute Gasteiger partial charge is 0.228 e. The third kappa shape index (κ3) is 3.19. The molecule has 1 N–H and O–H groups in total. The van der Waals surface area contributed by atoms with Crippen LogP contribution in [-0.4, -0.2) is 17.4 Å². The summed E-state index contributed by atoms with van der Waals surface area (Å²) in [4.78, 5) is 11.8. The van der Waals surface area contributed by atoms with Crippen LogP contribution in [0.5, 0.6) is 0 Å². The van der Waals surface area contributed by atoms with Crippen LogP contribution in [0.4, 0.5) is 14.5 Å². The Kier molecular flexibility index (Phi) is 3.99. The summed E-state index contributed by atoms with van der Waals surface area (Å²) < 4.78 is 26.0. The molecule has 5 heteroatoms. The second-order valence-electron chi connectivity index (χ2n) is 4.03. The minimum atomic E-state index is -0.734. The maximum absolute atomic E-state index is 13.3. The molecule has 0 aromatic heterocycles. The number of amides is 1. The zero-order valence-corrected chi connectivity index (χ0v) is 10.0.